The number of carbonyl (C=O) groups excluding carboxylic acids is 3. The molecule has 0 bridgehead atoms. The monoisotopic (exact) mass is 653 g/mol. The van der Waals surface area contributed by atoms with Crippen LogP contribution in [0.15, 0.2) is 35.2 Å². The molecule has 1 amide bonds. The summed E-state index contributed by atoms with van der Waals surface area (Å²) < 4.78 is 71.2. The summed E-state index contributed by atoms with van der Waals surface area (Å²) in [4.78, 5) is 40.5. The molecule has 1 N–H and O–H groups in total. The molecule has 2 aliphatic heterocycles. The van der Waals surface area contributed by atoms with Gasteiger partial charge in [0.15, 0.2) is 0 Å². The van der Waals surface area contributed by atoms with E-state index >= 15 is 0 Å². The van der Waals surface area contributed by atoms with Crippen molar-refractivity contribution in [3.63, 3.8) is 0 Å². The van der Waals surface area contributed by atoms with Gasteiger partial charge in [-0.15, -0.1) is 0 Å². The van der Waals surface area contributed by atoms with E-state index in [1.807, 2.05) is 67.5 Å². The standard InChI is InChI=1S/C32H39F3NO8P/c1-17-11-19-15-20-12-18(2)14-22(31(6,7)8)25(20)44-45(42-16-32(33,34)35,43-24(19)21(13-17)30(3,4)5)26(29(39)41-10)23(27(37)36-45)28(38)40-9/h11-14H,15-16H2,1-10H3,(H,36,37). The summed E-state index contributed by atoms with van der Waals surface area (Å²) in [5, 5.41) is 1.42. The number of amides is 1. The van der Waals surface area contributed by atoms with Gasteiger partial charge in [0.05, 0.1) is 0 Å². The molecule has 0 aromatic heterocycles. The molecular weight excluding hydrogens is 614 g/mol. The Labute approximate surface area is 260 Å². The number of hydrogen-bond acceptors (Lipinski definition) is 8. The SMILES string of the molecule is COC(=O)C1=C(C(=O)OC)P2(OCC(F)(F)F)(NC1=O)Oc1c(cc(C)cc1C(C)(C)C)Cc1cc(C)cc(C(C)(C)C)c1O2. The molecule has 2 heterocycles. The molecule has 0 fully saturated rings. The third-order valence-corrected chi connectivity index (χ3v) is 10.9. The number of methoxy groups -OCH3 is 2. The van der Waals surface area contributed by atoms with Crippen LogP contribution < -0.4 is 14.1 Å². The van der Waals surface area contributed by atoms with Gasteiger partial charge in [0.1, 0.15) is 0 Å². The second kappa shape index (κ2) is 11.0. The minimum absolute atomic E-state index is 0.0465. The maximum atomic E-state index is 14.1. The van der Waals surface area contributed by atoms with Crippen molar-refractivity contribution in [3.8, 4) is 11.5 Å². The molecular formula is C32H39F3NO8P. The minimum atomic E-state index is -6.19. The topological polar surface area (TPSA) is 109 Å². The Hall–Kier alpha value is -3.63. The van der Waals surface area contributed by atoms with Gasteiger partial charge in [0.25, 0.3) is 0 Å². The first kappa shape index (κ1) is 34.2. The van der Waals surface area contributed by atoms with Gasteiger partial charge in [0, 0.05) is 0 Å². The van der Waals surface area contributed by atoms with Gasteiger partial charge < -0.3 is 0 Å². The summed E-state index contributed by atoms with van der Waals surface area (Å²) in [6.45, 7) is 13.0. The van der Waals surface area contributed by atoms with Crippen LogP contribution in [0, 0.1) is 13.8 Å². The van der Waals surface area contributed by atoms with Gasteiger partial charge in [-0.25, -0.2) is 0 Å². The van der Waals surface area contributed by atoms with Crippen LogP contribution in [0.5, 0.6) is 11.5 Å². The molecule has 9 nitrogen and oxygen atoms in total. The average molecular weight is 654 g/mol. The van der Waals surface area contributed by atoms with E-state index in [2.05, 4.69) is 5.09 Å². The van der Waals surface area contributed by atoms with Gasteiger partial charge in [-0.1, -0.05) is 0 Å². The van der Waals surface area contributed by atoms with E-state index in [0.717, 1.165) is 25.3 Å². The molecule has 13 heteroatoms. The van der Waals surface area contributed by atoms with Crippen molar-refractivity contribution in [2.24, 2.45) is 0 Å². The zero-order chi connectivity index (χ0) is 33.9. The molecule has 0 radical (unpaired) electrons. The van der Waals surface area contributed by atoms with E-state index < -0.39 is 59.8 Å². The van der Waals surface area contributed by atoms with Crippen LogP contribution >= 0.6 is 7.43 Å². The molecule has 2 aliphatic rings. The van der Waals surface area contributed by atoms with E-state index in [0.29, 0.717) is 22.3 Å². The first-order valence-electron chi connectivity index (χ1n) is 14.2. The Kier molecular flexibility index (Phi) is 8.38. The number of hydrogen-bond donors (Lipinski definition) is 1. The Morgan fingerprint density at radius 2 is 1.27 bits per heavy atom. The van der Waals surface area contributed by atoms with Crippen LogP contribution in [-0.2, 0) is 45.6 Å². The van der Waals surface area contributed by atoms with E-state index in [9.17, 15) is 27.6 Å². The summed E-state index contributed by atoms with van der Waals surface area (Å²) in [5.41, 5.74) is 1.57. The molecule has 2 aromatic carbocycles. The summed E-state index contributed by atoms with van der Waals surface area (Å²) in [6, 6.07) is 7.23. The molecule has 1 spiro atoms. The predicted molar refractivity (Wildman–Crippen MR) is 162 cm³/mol. The van der Waals surface area contributed by atoms with Gasteiger partial charge in [-0.05, 0) is 0 Å². The molecule has 4 rings (SSSR count). The van der Waals surface area contributed by atoms with Gasteiger partial charge in [0.2, 0.25) is 0 Å². The second-order valence-corrected chi connectivity index (χ2v) is 16.4. The van der Waals surface area contributed by atoms with E-state index in [4.69, 9.17) is 23.0 Å². The molecule has 45 heavy (non-hydrogen) atoms. The molecule has 0 unspecified atom stereocenters. The normalized spacial score (nSPS) is 18.2. The maximum absolute atomic E-state index is 14.1. The molecule has 0 atom stereocenters. The number of nitrogens with one attached hydrogen (secondary N) is 1. The number of ether oxygens (including phenoxy) is 2. The number of halogens is 3. The molecule has 0 aliphatic carbocycles. The van der Waals surface area contributed by atoms with Crippen LogP contribution in [-0.4, -0.2) is 44.8 Å². The Balaban J connectivity index is 2.32. The number of alkyl halides is 3. The van der Waals surface area contributed by atoms with Crippen LogP contribution in [0.2, 0.25) is 0 Å². The van der Waals surface area contributed by atoms with Crippen LogP contribution in [0.1, 0.15) is 74.9 Å². The number of rotatable bonds is 4. The van der Waals surface area contributed by atoms with Crippen molar-refractivity contribution in [1.82, 2.24) is 5.09 Å². The molecule has 0 saturated carbocycles. The summed E-state index contributed by atoms with van der Waals surface area (Å²) >= 11 is 0. The predicted octanol–water partition coefficient (Wildman–Crippen LogP) is 6.78. The summed E-state index contributed by atoms with van der Waals surface area (Å²) in [6.07, 6.45) is -4.77. The Morgan fingerprint density at radius 3 is 1.64 bits per heavy atom. The van der Waals surface area contributed by atoms with Crippen LogP contribution in [0.4, 0.5) is 13.2 Å². The Bertz CT molecular complexity index is 1560. The van der Waals surface area contributed by atoms with E-state index in [1.54, 1.807) is 12.1 Å². The zero-order valence-corrected chi connectivity index (χ0v) is 28.0. The average Bonchev–Trinajstić information content (AvgIpc) is 3.16. The van der Waals surface area contributed by atoms with Crippen LogP contribution in [0.3, 0.4) is 0 Å². The molecule has 0 saturated heterocycles. The van der Waals surface area contributed by atoms with Crippen molar-refractivity contribution in [3.05, 3.63) is 68.5 Å². The number of aryl methyl sites for hydroxylation is 2. The van der Waals surface area contributed by atoms with Gasteiger partial charge in [-0.2, -0.15) is 0 Å². The fourth-order valence-corrected chi connectivity index (χ4v) is 9.20. The fourth-order valence-electron chi connectivity index (χ4n) is 5.56. The number of benzene rings is 2. The molecule has 2 aromatic rings. The van der Waals surface area contributed by atoms with Crippen molar-refractivity contribution in [1.29, 1.82) is 0 Å². The number of esters is 2. The third kappa shape index (κ3) is 6.14. The zero-order valence-electron chi connectivity index (χ0n) is 27.1. The van der Waals surface area contributed by atoms with Crippen molar-refractivity contribution < 1.29 is 50.6 Å². The van der Waals surface area contributed by atoms with Gasteiger partial charge in [-0.3, -0.25) is 0 Å². The first-order valence-corrected chi connectivity index (χ1v) is 16.2. The first-order chi connectivity index (χ1) is 20.5. The van der Waals surface area contributed by atoms with Crippen molar-refractivity contribution in [2.45, 2.75) is 78.8 Å². The van der Waals surface area contributed by atoms with Crippen LogP contribution in [0.25, 0.3) is 0 Å². The molecule has 246 valence electrons. The van der Waals surface area contributed by atoms with Gasteiger partial charge >= 0.3 is 261 Å². The number of carbonyl (C=O) groups is 3. The second-order valence-electron chi connectivity index (χ2n) is 13.4. The number of fused-ring (bicyclic) bond motifs is 2. The third-order valence-electron chi connectivity index (χ3n) is 7.51. The Morgan fingerprint density at radius 1 is 0.822 bits per heavy atom. The van der Waals surface area contributed by atoms with E-state index in [-0.39, 0.29) is 17.9 Å². The van der Waals surface area contributed by atoms with Crippen molar-refractivity contribution in [2.75, 3.05) is 20.8 Å². The fraction of sp³-hybridized carbons (Fsp3) is 0.469. The quantitative estimate of drug-likeness (QED) is 0.219. The summed E-state index contributed by atoms with van der Waals surface area (Å²) in [5.74, 6) is -3.87. The van der Waals surface area contributed by atoms with E-state index in [1.165, 1.54) is 0 Å². The summed E-state index contributed by atoms with van der Waals surface area (Å²) in [7, 11) is -4.29. The van der Waals surface area contributed by atoms with Crippen molar-refractivity contribution >= 4 is 25.3 Å².